The van der Waals surface area contributed by atoms with Crippen LogP contribution in [0.5, 0.6) is 0 Å². The number of carboxylic acid groups (broad SMARTS) is 3. The van der Waals surface area contributed by atoms with Crippen LogP contribution < -0.4 is 18.9 Å². The van der Waals surface area contributed by atoms with E-state index in [9.17, 15) is 14.4 Å². The average molecular weight is 218 g/mol. The van der Waals surface area contributed by atoms with Crippen molar-refractivity contribution in [3.63, 3.8) is 0 Å². The van der Waals surface area contributed by atoms with Crippen molar-refractivity contribution in [3.8, 4) is 0 Å². The molecule has 0 aliphatic carbocycles. The van der Waals surface area contributed by atoms with E-state index in [4.69, 9.17) is 20.4 Å². The van der Waals surface area contributed by atoms with Crippen LogP contribution in [0, 0.1) is 0 Å². The molecular formula is C6H11LiO8. The monoisotopic (exact) mass is 218 g/mol. The largest absolute Gasteiger partial charge is 1.00 e. The molecule has 84 valence electrons. The molecule has 0 aliphatic rings. The first-order valence-corrected chi connectivity index (χ1v) is 3.17. The molecule has 0 fully saturated rings. The fraction of sp³-hybridized carbons (Fsp3) is 0.500. The fourth-order valence-electron chi connectivity index (χ4n) is 0.714. The summed E-state index contributed by atoms with van der Waals surface area (Å²) >= 11 is 0. The number of hydrogen-bond donors (Lipinski definition) is 4. The molecule has 0 unspecified atom stereocenters. The van der Waals surface area contributed by atoms with Gasteiger partial charge in [-0.15, -0.1) is 0 Å². The zero-order chi connectivity index (χ0) is 10.6. The standard InChI is InChI=1S/C6H8O7.Li.H2O.H/c7-3(8)1-6(13,5(11)12)2-4(9)10;;;/h13H,1-2H2,(H,7,8)(H,9,10)(H,11,12);;1H2;/q;+1;;-1. The summed E-state index contributed by atoms with van der Waals surface area (Å²) in [6, 6.07) is 0. The van der Waals surface area contributed by atoms with Crippen LogP contribution in [0.15, 0.2) is 0 Å². The third-order valence-corrected chi connectivity index (χ3v) is 1.29. The second-order valence-corrected chi connectivity index (χ2v) is 2.48. The molecule has 0 aliphatic heterocycles. The molecule has 0 aromatic rings. The topological polar surface area (TPSA) is 164 Å². The Labute approximate surface area is 97.5 Å². The van der Waals surface area contributed by atoms with Crippen LogP contribution in [-0.4, -0.2) is 49.4 Å². The number of aliphatic carboxylic acids is 3. The van der Waals surface area contributed by atoms with Crippen LogP contribution in [0.1, 0.15) is 14.3 Å². The minimum Gasteiger partial charge on any atom is -1.00 e. The summed E-state index contributed by atoms with van der Waals surface area (Å²) in [5.41, 5.74) is -2.74. The third kappa shape index (κ3) is 6.93. The van der Waals surface area contributed by atoms with Gasteiger partial charge in [0.05, 0.1) is 12.8 Å². The van der Waals surface area contributed by atoms with Crippen molar-refractivity contribution in [1.82, 2.24) is 0 Å². The predicted molar refractivity (Wildman–Crippen MR) is 41.8 cm³/mol. The molecule has 0 rings (SSSR count). The van der Waals surface area contributed by atoms with Gasteiger partial charge in [0.2, 0.25) is 0 Å². The molecule has 8 nitrogen and oxygen atoms in total. The molecule has 0 heterocycles. The number of aliphatic hydroxyl groups is 1. The Morgan fingerprint density at radius 3 is 1.40 bits per heavy atom. The van der Waals surface area contributed by atoms with Crippen LogP contribution in [0.3, 0.4) is 0 Å². The molecule has 15 heavy (non-hydrogen) atoms. The van der Waals surface area contributed by atoms with Crippen LogP contribution in [0.4, 0.5) is 0 Å². The second-order valence-electron chi connectivity index (χ2n) is 2.48. The van der Waals surface area contributed by atoms with E-state index in [0.29, 0.717) is 0 Å². The van der Waals surface area contributed by atoms with Gasteiger partial charge in [0.1, 0.15) is 0 Å². The van der Waals surface area contributed by atoms with E-state index in [2.05, 4.69) is 0 Å². The van der Waals surface area contributed by atoms with E-state index < -0.39 is 36.4 Å². The Bertz CT molecular complexity index is 239. The maximum absolute atomic E-state index is 10.3. The summed E-state index contributed by atoms with van der Waals surface area (Å²) in [6.45, 7) is 0. The predicted octanol–water partition coefficient (Wildman–Crippen LogP) is -4.96. The zero-order valence-corrected chi connectivity index (χ0v) is 7.93. The van der Waals surface area contributed by atoms with Crippen LogP contribution in [0.25, 0.3) is 0 Å². The van der Waals surface area contributed by atoms with Crippen LogP contribution in [-0.2, 0) is 14.4 Å². The van der Waals surface area contributed by atoms with E-state index in [-0.39, 0.29) is 25.8 Å². The van der Waals surface area contributed by atoms with E-state index in [1.54, 1.807) is 0 Å². The first-order chi connectivity index (χ1) is 5.78. The van der Waals surface area contributed by atoms with E-state index in [1.807, 2.05) is 0 Å². The molecule has 0 radical (unpaired) electrons. The first-order valence-electron chi connectivity index (χ1n) is 3.17. The summed E-state index contributed by atoms with van der Waals surface area (Å²) in [7, 11) is 0. The molecule has 9 heteroatoms. The van der Waals surface area contributed by atoms with E-state index >= 15 is 0 Å². The van der Waals surface area contributed by atoms with Gasteiger partial charge in [0.15, 0.2) is 5.60 Å². The van der Waals surface area contributed by atoms with Gasteiger partial charge < -0.3 is 27.3 Å². The van der Waals surface area contributed by atoms with Gasteiger partial charge in [-0.2, -0.15) is 0 Å². The summed E-state index contributed by atoms with van der Waals surface area (Å²) in [6.07, 6.45) is -2.29. The van der Waals surface area contributed by atoms with Gasteiger partial charge in [-0.05, 0) is 0 Å². The Morgan fingerprint density at radius 1 is 1.00 bits per heavy atom. The Hall–Kier alpha value is -1.07. The third-order valence-electron chi connectivity index (χ3n) is 1.29. The molecule has 0 aromatic carbocycles. The quantitative estimate of drug-likeness (QED) is 0.335. The van der Waals surface area contributed by atoms with Gasteiger partial charge >= 0.3 is 36.8 Å². The number of hydrogen-bond acceptors (Lipinski definition) is 4. The van der Waals surface area contributed by atoms with Gasteiger partial charge in [-0.25, -0.2) is 4.79 Å². The zero-order valence-electron chi connectivity index (χ0n) is 8.93. The van der Waals surface area contributed by atoms with Crippen molar-refractivity contribution in [3.05, 3.63) is 0 Å². The van der Waals surface area contributed by atoms with Crippen molar-refractivity contribution in [2.75, 3.05) is 0 Å². The average Bonchev–Trinajstić information content (AvgIpc) is 1.82. The molecule has 0 amide bonds. The molecular weight excluding hydrogens is 207 g/mol. The maximum Gasteiger partial charge on any atom is 1.00 e. The molecule has 0 saturated carbocycles. The maximum atomic E-state index is 10.3. The molecule has 6 N–H and O–H groups in total. The van der Waals surface area contributed by atoms with E-state index in [1.165, 1.54) is 0 Å². The molecule has 0 aromatic heterocycles. The summed E-state index contributed by atoms with van der Waals surface area (Å²) in [5, 5.41) is 33.8. The number of rotatable bonds is 5. The van der Waals surface area contributed by atoms with Gasteiger partial charge in [0, 0.05) is 0 Å². The van der Waals surface area contributed by atoms with Gasteiger partial charge in [-0.1, -0.05) is 0 Å². The number of carbonyl (C=O) groups is 3. The molecule has 0 saturated heterocycles. The smallest absolute Gasteiger partial charge is 1.00 e. The number of carboxylic acids is 3. The summed E-state index contributed by atoms with van der Waals surface area (Å²) in [4.78, 5) is 30.5. The minimum atomic E-state index is -2.74. The van der Waals surface area contributed by atoms with Crippen molar-refractivity contribution < 1.29 is 60.6 Å². The first kappa shape index (κ1) is 19.5. The van der Waals surface area contributed by atoms with Gasteiger partial charge in [0.25, 0.3) is 0 Å². The van der Waals surface area contributed by atoms with Crippen LogP contribution >= 0.6 is 0 Å². The van der Waals surface area contributed by atoms with Crippen molar-refractivity contribution in [2.45, 2.75) is 18.4 Å². The van der Waals surface area contributed by atoms with Crippen molar-refractivity contribution in [2.24, 2.45) is 0 Å². The van der Waals surface area contributed by atoms with Crippen molar-refractivity contribution in [1.29, 1.82) is 0 Å². The molecule has 0 atom stereocenters. The summed E-state index contributed by atoms with van der Waals surface area (Å²) in [5.74, 6) is -5.02. The Kier molecular flexibility index (Phi) is 9.42. The second kappa shape index (κ2) is 7.25. The fourth-order valence-corrected chi connectivity index (χ4v) is 0.714. The van der Waals surface area contributed by atoms with E-state index in [0.717, 1.165) is 0 Å². The normalized spacial score (nSPS) is 9.40. The molecule has 0 spiro atoms. The van der Waals surface area contributed by atoms with Gasteiger partial charge in [-0.3, -0.25) is 9.59 Å². The Morgan fingerprint density at radius 2 is 1.27 bits per heavy atom. The SMILES string of the molecule is O.O=C(O)CC(O)(CC(=O)O)C(=O)O.[H-].[Li+]. The van der Waals surface area contributed by atoms with Crippen LogP contribution in [0.2, 0.25) is 0 Å². The van der Waals surface area contributed by atoms with Crippen molar-refractivity contribution >= 4 is 17.9 Å². The molecule has 0 bridgehead atoms. The minimum absolute atomic E-state index is 0. The Balaban J connectivity index is -0.000000240. The summed E-state index contributed by atoms with van der Waals surface area (Å²) < 4.78 is 0.